The molecule has 1 aliphatic rings. The quantitative estimate of drug-likeness (QED) is 0.714. The number of carbonyl (C=O) groups is 2. The smallest absolute Gasteiger partial charge is 0.335 e. The Bertz CT molecular complexity index is 1080. The summed E-state index contributed by atoms with van der Waals surface area (Å²) in [5.74, 6) is -0.756. The van der Waals surface area contributed by atoms with E-state index in [1.807, 2.05) is 12.1 Å². The Morgan fingerprint density at radius 1 is 1.28 bits per heavy atom. The van der Waals surface area contributed by atoms with Gasteiger partial charge in [-0.3, -0.25) is 9.69 Å². The maximum atomic E-state index is 12.4. The summed E-state index contributed by atoms with van der Waals surface area (Å²) in [5, 5.41) is 13.6. The molecule has 0 aliphatic carbocycles. The van der Waals surface area contributed by atoms with Crippen LogP contribution >= 0.6 is 0 Å². The van der Waals surface area contributed by atoms with E-state index >= 15 is 0 Å². The summed E-state index contributed by atoms with van der Waals surface area (Å²) in [6, 6.07) is 9.04. The maximum absolute atomic E-state index is 12.4. The van der Waals surface area contributed by atoms with Gasteiger partial charge in [0.05, 0.1) is 17.5 Å². The van der Waals surface area contributed by atoms with Crippen LogP contribution in [0, 0.1) is 0 Å². The highest BCUT2D eigenvalue weighted by atomic mass is 16.4. The van der Waals surface area contributed by atoms with E-state index in [1.54, 1.807) is 49.2 Å². The van der Waals surface area contributed by atoms with Gasteiger partial charge >= 0.3 is 5.97 Å². The van der Waals surface area contributed by atoms with Gasteiger partial charge in [-0.2, -0.15) is 5.10 Å². The standard InChI is InChI=1S/C21H23N5O3/c1-24(2)20(27)17-11-23-26-18(6-8-22-19(17)26)16-7-9-25(13-16)12-14-4-3-5-15(10-14)21(28)29/h3-6,8,10-11,16H,7,9,12-13H2,1-2H3,(H,28,29)/t16-/m0/s1. The van der Waals surface area contributed by atoms with Crippen molar-refractivity contribution < 1.29 is 14.7 Å². The number of rotatable bonds is 5. The molecule has 1 atom stereocenters. The molecular formula is C21H23N5O3. The van der Waals surface area contributed by atoms with Crippen LogP contribution < -0.4 is 0 Å². The van der Waals surface area contributed by atoms with Crippen molar-refractivity contribution in [3.63, 3.8) is 0 Å². The third kappa shape index (κ3) is 3.71. The fourth-order valence-corrected chi connectivity index (χ4v) is 3.89. The Morgan fingerprint density at radius 3 is 2.86 bits per heavy atom. The number of benzene rings is 1. The van der Waals surface area contributed by atoms with Gasteiger partial charge in [0, 0.05) is 39.3 Å². The highest BCUT2D eigenvalue weighted by molar-refractivity contribution is 5.99. The molecule has 4 rings (SSSR count). The first kappa shape index (κ1) is 19.1. The highest BCUT2D eigenvalue weighted by Gasteiger charge is 2.27. The third-order valence-electron chi connectivity index (χ3n) is 5.34. The summed E-state index contributed by atoms with van der Waals surface area (Å²) in [6.07, 6.45) is 4.28. The molecular weight excluding hydrogens is 370 g/mol. The zero-order chi connectivity index (χ0) is 20.5. The summed E-state index contributed by atoms with van der Waals surface area (Å²) < 4.78 is 1.77. The van der Waals surface area contributed by atoms with Crippen LogP contribution in [0.25, 0.3) is 5.65 Å². The topological polar surface area (TPSA) is 91.0 Å². The normalized spacial score (nSPS) is 17.0. The number of aromatic carboxylic acids is 1. The van der Waals surface area contributed by atoms with E-state index in [4.69, 9.17) is 0 Å². The number of carboxylic acids is 1. The molecule has 1 N–H and O–H groups in total. The summed E-state index contributed by atoms with van der Waals surface area (Å²) >= 11 is 0. The molecule has 1 amide bonds. The van der Waals surface area contributed by atoms with E-state index in [0.717, 1.165) is 30.8 Å². The van der Waals surface area contributed by atoms with Gasteiger partial charge in [-0.25, -0.2) is 14.3 Å². The molecule has 0 radical (unpaired) electrons. The minimum atomic E-state index is -0.910. The van der Waals surface area contributed by atoms with Gasteiger partial charge in [-0.15, -0.1) is 0 Å². The number of hydrogen-bond acceptors (Lipinski definition) is 5. The SMILES string of the molecule is CN(C)C(=O)c1cnn2c([C@H]3CCN(Cc4cccc(C(=O)O)c4)C3)ccnc12. The number of amides is 1. The van der Waals surface area contributed by atoms with Crippen LogP contribution in [-0.2, 0) is 6.54 Å². The number of aromatic nitrogens is 3. The summed E-state index contributed by atoms with van der Waals surface area (Å²) in [4.78, 5) is 31.8. The number of carboxylic acid groups (broad SMARTS) is 1. The minimum Gasteiger partial charge on any atom is -0.478 e. The summed E-state index contributed by atoms with van der Waals surface area (Å²) in [7, 11) is 3.42. The van der Waals surface area contributed by atoms with Crippen molar-refractivity contribution in [1.29, 1.82) is 0 Å². The lowest BCUT2D eigenvalue weighted by atomic mass is 10.0. The monoisotopic (exact) mass is 393 g/mol. The molecule has 1 aliphatic heterocycles. The van der Waals surface area contributed by atoms with Crippen LogP contribution in [0.15, 0.2) is 42.7 Å². The Kier molecular flexibility index (Phi) is 5.02. The molecule has 1 fully saturated rings. The van der Waals surface area contributed by atoms with Crippen LogP contribution in [0.4, 0.5) is 0 Å². The van der Waals surface area contributed by atoms with Crippen molar-refractivity contribution in [2.75, 3.05) is 27.2 Å². The minimum absolute atomic E-state index is 0.115. The molecule has 0 bridgehead atoms. The summed E-state index contributed by atoms with van der Waals surface area (Å²) in [5.41, 5.74) is 3.41. The second-order valence-corrected chi connectivity index (χ2v) is 7.59. The lowest BCUT2D eigenvalue weighted by molar-refractivity contribution is 0.0696. The molecule has 8 heteroatoms. The van der Waals surface area contributed by atoms with E-state index in [9.17, 15) is 14.7 Å². The van der Waals surface area contributed by atoms with Crippen LogP contribution in [0.3, 0.4) is 0 Å². The predicted molar refractivity (Wildman–Crippen MR) is 107 cm³/mol. The van der Waals surface area contributed by atoms with Crippen molar-refractivity contribution in [2.45, 2.75) is 18.9 Å². The number of nitrogens with zero attached hydrogens (tertiary/aromatic N) is 5. The maximum Gasteiger partial charge on any atom is 0.335 e. The van der Waals surface area contributed by atoms with Crippen molar-refractivity contribution in [3.8, 4) is 0 Å². The van der Waals surface area contributed by atoms with Crippen molar-refractivity contribution >= 4 is 17.5 Å². The van der Waals surface area contributed by atoms with E-state index in [1.165, 1.54) is 4.90 Å². The lowest BCUT2D eigenvalue weighted by Crippen LogP contribution is -2.22. The second kappa shape index (κ2) is 7.63. The van der Waals surface area contributed by atoms with Crippen molar-refractivity contribution in [3.05, 3.63) is 65.1 Å². The molecule has 1 aromatic carbocycles. The van der Waals surface area contributed by atoms with Crippen molar-refractivity contribution in [2.24, 2.45) is 0 Å². The van der Waals surface area contributed by atoms with Gasteiger partial charge < -0.3 is 10.0 Å². The van der Waals surface area contributed by atoms with Crippen molar-refractivity contribution in [1.82, 2.24) is 24.4 Å². The number of carbonyl (C=O) groups excluding carboxylic acids is 1. The molecule has 0 spiro atoms. The fraction of sp³-hybridized carbons (Fsp3) is 0.333. The molecule has 0 saturated carbocycles. The largest absolute Gasteiger partial charge is 0.478 e. The molecule has 8 nitrogen and oxygen atoms in total. The lowest BCUT2D eigenvalue weighted by Gasteiger charge is -2.17. The first-order valence-electron chi connectivity index (χ1n) is 9.53. The van der Waals surface area contributed by atoms with Crippen LogP contribution in [-0.4, -0.2) is 68.6 Å². The second-order valence-electron chi connectivity index (χ2n) is 7.59. The third-order valence-corrected chi connectivity index (χ3v) is 5.34. The Labute approximate surface area is 168 Å². The van der Waals surface area contributed by atoms with E-state index < -0.39 is 5.97 Å². The molecule has 150 valence electrons. The molecule has 2 aromatic heterocycles. The van der Waals surface area contributed by atoms with Gasteiger partial charge in [-0.05, 0) is 36.7 Å². The van der Waals surface area contributed by atoms with Crippen LogP contribution in [0.2, 0.25) is 0 Å². The van der Waals surface area contributed by atoms with Gasteiger partial charge in [0.25, 0.3) is 5.91 Å². The number of likely N-dealkylation sites (tertiary alicyclic amines) is 1. The molecule has 3 aromatic rings. The molecule has 29 heavy (non-hydrogen) atoms. The average molecular weight is 393 g/mol. The van der Waals surface area contributed by atoms with Gasteiger partial charge in [0.1, 0.15) is 5.56 Å². The summed E-state index contributed by atoms with van der Waals surface area (Å²) in [6.45, 7) is 2.46. The van der Waals surface area contributed by atoms with Gasteiger partial charge in [0.15, 0.2) is 5.65 Å². The predicted octanol–water partition coefficient (Wildman–Crippen LogP) is 2.12. The Hall–Kier alpha value is -3.26. The fourth-order valence-electron chi connectivity index (χ4n) is 3.89. The number of hydrogen-bond donors (Lipinski definition) is 1. The first-order chi connectivity index (χ1) is 13.9. The zero-order valence-electron chi connectivity index (χ0n) is 16.4. The Morgan fingerprint density at radius 2 is 2.10 bits per heavy atom. The van der Waals surface area contributed by atoms with E-state index in [0.29, 0.717) is 23.3 Å². The van der Waals surface area contributed by atoms with Gasteiger partial charge in [-0.1, -0.05) is 12.1 Å². The van der Waals surface area contributed by atoms with Crippen LogP contribution in [0.1, 0.15) is 44.3 Å². The van der Waals surface area contributed by atoms with Gasteiger partial charge in [0.2, 0.25) is 0 Å². The van der Waals surface area contributed by atoms with E-state index in [2.05, 4.69) is 15.0 Å². The zero-order valence-corrected chi connectivity index (χ0v) is 16.4. The van der Waals surface area contributed by atoms with Crippen LogP contribution in [0.5, 0.6) is 0 Å². The number of fused-ring (bicyclic) bond motifs is 1. The first-order valence-corrected chi connectivity index (χ1v) is 9.53. The molecule has 1 saturated heterocycles. The Balaban J connectivity index is 1.53. The average Bonchev–Trinajstić information content (AvgIpc) is 3.34. The highest BCUT2D eigenvalue weighted by Crippen LogP contribution is 2.29. The molecule has 0 unspecified atom stereocenters. The van der Waals surface area contributed by atoms with E-state index in [-0.39, 0.29) is 11.8 Å². The molecule has 3 heterocycles.